The Bertz CT molecular complexity index is 1370. The molecule has 5 rings (SSSR count). The van der Waals surface area contributed by atoms with Crippen LogP contribution >= 0.6 is 0 Å². The summed E-state index contributed by atoms with van der Waals surface area (Å²) in [7, 11) is 1.52. The number of ether oxygens (including phenoxy) is 1. The Balaban J connectivity index is 1.48. The largest absolute Gasteiger partial charge is 0.448 e. The van der Waals surface area contributed by atoms with Crippen LogP contribution in [0.2, 0.25) is 0 Å². The molecule has 9 nitrogen and oxygen atoms in total. The van der Waals surface area contributed by atoms with E-state index in [0.29, 0.717) is 18.0 Å². The van der Waals surface area contributed by atoms with Crippen molar-refractivity contribution in [3.05, 3.63) is 66.0 Å². The van der Waals surface area contributed by atoms with Crippen molar-refractivity contribution in [3.63, 3.8) is 0 Å². The zero-order valence-electron chi connectivity index (χ0n) is 21.8. The Morgan fingerprint density at radius 1 is 1.16 bits per heavy atom. The van der Waals surface area contributed by atoms with Crippen molar-refractivity contribution in [1.82, 2.24) is 15.1 Å². The van der Waals surface area contributed by atoms with Crippen LogP contribution in [0.5, 0.6) is 0 Å². The van der Waals surface area contributed by atoms with Crippen LogP contribution < -0.4 is 15.5 Å². The molecule has 2 N–H and O–H groups in total. The molecule has 0 saturated heterocycles. The summed E-state index contributed by atoms with van der Waals surface area (Å²) in [6, 6.07) is 16.0. The number of nitrogens with zero attached hydrogens (tertiary/aromatic N) is 4. The summed E-state index contributed by atoms with van der Waals surface area (Å²) >= 11 is 0. The summed E-state index contributed by atoms with van der Waals surface area (Å²) in [6.45, 7) is 4.54. The van der Waals surface area contributed by atoms with Crippen molar-refractivity contribution in [3.8, 4) is 17.2 Å². The minimum Gasteiger partial charge on any atom is -0.448 e. The summed E-state index contributed by atoms with van der Waals surface area (Å²) in [5.41, 5.74) is 5.49. The molecule has 3 aromatic rings. The molecule has 0 spiro atoms. The molecule has 2 aromatic carbocycles. The van der Waals surface area contributed by atoms with Gasteiger partial charge in [0.15, 0.2) is 0 Å². The molecule has 2 heterocycles. The molecule has 1 aliphatic heterocycles. The predicted octanol–water partition coefficient (Wildman–Crippen LogP) is 4.71. The molecule has 0 bridgehead atoms. The van der Waals surface area contributed by atoms with Crippen LogP contribution in [0.3, 0.4) is 0 Å². The number of carbonyl (C=O) groups excluding carboxylic acids is 2. The van der Waals surface area contributed by atoms with E-state index in [1.54, 1.807) is 17.8 Å². The van der Waals surface area contributed by atoms with Gasteiger partial charge in [0.25, 0.3) is 0 Å². The average Bonchev–Trinajstić information content (AvgIpc) is 3.66. The first-order valence-corrected chi connectivity index (χ1v) is 13.0. The molecular formula is C29H32N6O3. The third kappa shape index (κ3) is 5.07. The van der Waals surface area contributed by atoms with Crippen molar-refractivity contribution in [2.75, 3.05) is 23.9 Å². The van der Waals surface area contributed by atoms with Crippen LogP contribution in [0, 0.1) is 23.2 Å². The van der Waals surface area contributed by atoms with E-state index >= 15 is 0 Å². The number of hydrogen-bond donors (Lipinski definition) is 2. The van der Waals surface area contributed by atoms with Crippen LogP contribution in [0.25, 0.3) is 11.1 Å². The molecule has 1 saturated carbocycles. The molecule has 1 fully saturated rings. The first-order valence-electron chi connectivity index (χ1n) is 13.0. The summed E-state index contributed by atoms with van der Waals surface area (Å²) in [5, 5.41) is 19.8. The summed E-state index contributed by atoms with van der Waals surface area (Å²) < 4.78 is 6.82. The van der Waals surface area contributed by atoms with E-state index in [1.165, 1.54) is 7.05 Å². The highest BCUT2D eigenvalue weighted by molar-refractivity contribution is 5.94. The van der Waals surface area contributed by atoms with Crippen molar-refractivity contribution >= 4 is 23.4 Å². The maximum absolute atomic E-state index is 12.9. The Morgan fingerprint density at radius 2 is 1.92 bits per heavy atom. The maximum atomic E-state index is 12.9. The molecule has 9 heteroatoms. The monoisotopic (exact) mass is 512 g/mol. The third-order valence-corrected chi connectivity index (χ3v) is 7.49. The second-order valence-electron chi connectivity index (χ2n) is 10.0. The van der Waals surface area contributed by atoms with E-state index < -0.39 is 6.09 Å². The quantitative estimate of drug-likeness (QED) is 0.474. The van der Waals surface area contributed by atoms with Gasteiger partial charge < -0.3 is 20.3 Å². The molecular weight excluding hydrogens is 480 g/mol. The SMILES string of the molecule is CNC(=O)OCCn1cc(-c2ccc3c(c2)[C@H](Nc2ccc(C#N)cc2)[C@@H](C)[C@H](C2CC2)N3C(C)=O)cn1. The highest BCUT2D eigenvalue weighted by Crippen LogP contribution is 2.50. The van der Waals surface area contributed by atoms with Crippen molar-refractivity contribution < 1.29 is 14.3 Å². The van der Waals surface area contributed by atoms with E-state index in [9.17, 15) is 14.9 Å². The lowest BCUT2D eigenvalue weighted by atomic mass is 9.79. The number of nitriles is 1. The first-order chi connectivity index (χ1) is 18.4. The molecule has 38 heavy (non-hydrogen) atoms. The van der Waals surface area contributed by atoms with Gasteiger partial charge in [-0.3, -0.25) is 9.48 Å². The van der Waals surface area contributed by atoms with E-state index in [1.807, 2.05) is 47.5 Å². The number of nitrogens with one attached hydrogen (secondary N) is 2. The number of carbonyl (C=O) groups is 2. The second-order valence-corrected chi connectivity index (χ2v) is 10.0. The van der Waals surface area contributed by atoms with E-state index in [0.717, 1.165) is 40.9 Å². The first kappa shape index (κ1) is 25.3. The van der Waals surface area contributed by atoms with Gasteiger partial charge in [-0.1, -0.05) is 13.0 Å². The van der Waals surface area contributed by atoms with Gasteiger partial charge in [-0.05, 0) is 66.3 Å². The molecule has 3 atom stereocenters. The summed E-state index contributed by atoms with van der Waals surface area (Å²) in [4.78, 5) is 26.3. The van der Waals surface area contributed by atoms with Crippen LogP contribution in [0.4, 0.5) is 16.2 Å². The molecule has 196 valence electrons. The van der Waals surface area contributed by atoms with Crippen molar-refractivity contribution in [2.45, 2.75) is 45.3 Å². The van der Waals surface area contributed by atoms with E-state index in [4.69, 9.17) is 4.74 Å². The predicted molar refractivity (Wildman–Crippen MR) is 144 cm³/mol. The zero-order valence-corrected chi connectivity index (χ0v) is 21.8. The maximum Gasteiger partial charge on any atom is 0.406 e. The van der Waals surface area contributed by atoms with Gasteiger partial charge in [-0.15, -0.1) is 0 Å². The summed E-state index contributed by atoms with van der Waals surface area (Å²) in [5.74, 6) is 0.736. The minimum absolute atomic E-state index is 0.0184. The average molecular weight is 513 g/mol. The number of fused-ring (bicyclic) bond motifs is 1. The molecule has 2 aliphatic rings. The third-order valence-electron chi connectivity index (χ3n) is 7.49. The second kappa shape index (κ2) is 10.6. The van der Waals surface area contributed by atoms with Crippen LogP contribution in [-0.4, -0.2) is 41.5 Å². The van der Waals surface area contributed by atoms with Gasteiger partial charge in [0.05, 0.1) is 30.4 Å². The van der Waals surface area contributed by atoms with E-state index in [2.05, 4.69) is 34.8 Å². The lowest BCUT2D eigenvalue weighted by Crippen LogP contribution is -2.51. The fraction of sp³-hybridized carbons (Fsp3) is 0.379. The minimum atomic E-state index is -0.471. The Morgan fingerprint density at radius 3 is 2.58 bits per heavy atom. The normalized spacial score (nSPS) is 20.3. The molecule has 0 radical (unpaired) electrons. The molecule has 0 unspecified atom stereocenters. The molecule has 2 amide bonds. The number of rotatable bonds is 7. The molecule has 1 aromatic heterocycles. The van der Waals surface area contributed by atoms with Gasteiger partial charge in [-0.25, -0.2) is 4.79 Å². The van der Waals surface area contributed by atoms with Crippen LogP contribution in [-0.2, 0) is 16.1 Å². The number of anilines is 2. The topological polar surface area (TPSA) is 112 Å². The standard InChI is InChI=1S/C29H32N6O3/c1-18-27(33-24-9-4-20(15-30)5-10-24)25-14-22(23-16-32-34(17-23)12-13-38-29(37)31-3)8-11-26(25)35(19(2)36)28(18)21-6-7-21/h4-5,8-11,14,16-18,21,27-28,33H,6-7,12-13H2,1-3H3,(H,31,37)/t18-,27-,28-/m1/s1. The summed E-state index contributed by atoms with van der Waals surface area (Å²) in [6.07, 6.45) is 5.53. The van der Waals surface area contributed by atoms with E-state index in [-0.39, 0.29) is 30.5 Å². The molecule has 1 aliphatic carbocycles. The van der Waals surface area contributed by atoms with Gasteiger partial charge in [0, 0.05) is 49.1 Å². The fourth-order valence-electron chi connectivity index (χ4n) is 5.50. The van der Waals surface area contributed by atoms with Gasteiger partial charge >= 0.3 is 6.09 Å². The van der Waals surface area contributed by atoms with Crippen molar-refractivity contribution in [1.29, 1.82) is 5.26 Å². The number of hydrogen-bond acceptors (Lipinski definition) is 6. The zero-order chi connectivity index (χ0) is 26.8. The number of amides is 2. The number of aromatic nitrogens is 2. The van der Waals surface area contributed by atoms with Gasteiger partial charge in [0.1, 0.15) is 6.61 Å². The lowest BCUT2D eigenvalue weighted by molar-refractivity contribution is -0.117. The smallest absolute Gasteiger partial charge is 0.406 e. The van der Waals surface area contributed by atoms with Gasteiger partial charge in [0.2, 0.25) is 5.91 Å². The Hall–Kier alpha value is -4.32. The lowest BCUT2D eigenvalue weighted by Gasteiger charge is -2.46. The Labute approximate surface area is 222 Å². The number of alkyl carbamates (subject to hydrolysis) is 1. The number of benzene rings is 2. The van der Waals surface area contributed by atoms with Gasteiger partial charge in [-0.2, -0.15) is 10.4 Å². The Kier molecular flexibility index (Phi) is 7.05. The highest BCUT2D eigenvalue weighted by atomic mass is 16.5. The van der Waals surface area contributed by atoms with Crippen LogP contribution in [0.15, 0.2) is 54.9 Å². The van der Waals surface area contributed by atoms with Crippen LogP contribution in [0.1, 0.15) is 43.9 Å². The fourth-order valence-corrected chi connectivity index (χ4v) is 5.50. The highest BCUT2D eigenvalue weighted by Gasteiger charge is 2.47. The van der Waals surface area contributed by atoms with Crippen molar-refractivity contribution in [2.24, 2.45) is 11.8 Å².